The molecule has 0 aromatic heterocycles. The SMILES string of the molecule is COCCNC(=O)C1CC(Oc2ccccc2)CN1S(=O)(=O)c1cccc(OC)c1. The average Bonchev–Trinajstić information content (AvgIpc) is 3.19. The Kier molecular flexibility index (Phi) is 7.30. The van der Waals surface area contributed by atoms with Crippen LogP contribution >= 0.6 is 0 Å². The van der Waals surface area contributed by atoms with Crippen LogP contribution in [0, 0.1) is 0 Å². The molecule has 1 N–H and O–H groups in total. The summed E-state index contributed by atoms with van der Waals surface area (Å²) < 4.78 is 44.0. The molecule has 162 valence electrons. The summed E-state index contributed by atoms with van der Waals surface area (Å²) >= 11 is 0. The summed E-state index contributed by atoms with van der Waals surface area (Å²) in [5.41, 5.74) is 0. The molecule has 1 heterocycles. The van der Waals surface area contributed by atoms with Crippen molar-refractivity contribution >= 4 is 15.9 Å². The third kappa shape index (κ3) is 5.10. The number of nitrogens with zero attached hydrogens (tertiary/aromatic N) is 1. The number of hydrogen-bond acceptors (Lipinski definition) is 6. The Balaban J connectivity index is 1.85. The van der Waals surface area contributed by atoms with Crippen LogP contribution in [0.1, 0.15) is 6.42 Å². The van der Waals surface area contributed by atoms with E-state index in [1.54, 1.807) is 24.3 Å². The van der Waals surface area contributed by atoms with Crippen LogP contribution in [0.2, 0.25) is 0 Å². The summed E-state index contributed by atoms with van der Waals surface area (Å²) in [4.78, 5) is 12.8. The summed E-state index contributed by atoms with van der Waals surface area (Å²) in [6.45, 7) is 0.699. The van der Waals surface area contributed by atoms with Gasteiger partial charge in [0.05, 0.1) is 25.2 Å². The second kappa shape index (κ2) is 9.92. The van der Waals surface area contributed by atoms with Crippen molar-refractivity contribution in [1.29, 1.82) is 0 Å². The summed E-state index contributed by atoms with van der Waals surface area (Å²) in [7, 11) is -0.938. The molecule has 2 atom stereocenters. The Labute approximate surface area is 176 Å². The molecule has 0 spiro atoms. The minimum absolute atomic E-state index is 0.0663. The summed E-state index contributed by atoms with van der Waals surface area (Å²) in [5.74, 6) is 0.674. The third-order valence-electron chi connectivity index (χ3n) is 4.82. The average molecular weight is 435 g/mol. The number of rotatable bonds is 9. The van der Waals surface area contributed by atoms with E-state index in [4.69, 9.17) is 14.2 Å². The van der Waals surface area contributed by atoms with Gasteiger partial charge in [-0.2, -0.15) is 4.31 Å². The minimum atomic E-state index is -3.94. The van der Waals surface area contributed by atoms with Crippen molar-refractivity contribution in [1.82, 2.24) is 9.62 Å². The zero-order valence-corrected chi connectivity index (χ0v) is 17.8. The van der Waals surface area contributed by atoms with Crippen LogP contribution in [0.4, 0.5) is 0 Å². The van der Waals surface area contributed by atoms with E-state index in [2.05, 4.69) is 5.32 Å². The lowest BCUT2D eigenvalue weighted by Crippen LogP contribution is -2.46. The van der Waals surface area contributed by atoms with E-state index < -0.39 is 22.2 Å². The number of amides is 1. The Bertz CT molecular complexity index is 951. The molecule has 2 unspecified atom stereocenters. The first kappa shape index (κ1) is 22.1. The predicted molar refractivity (Wildman–Crippen MR) is 111 cm³/mol. The van der Waals surface area contributed by atoms with E-state index in [-0.39, 0.29) is 23.8 Å². The van der Waals surface area contributed by atoms with Gasteiger partial charge in [0.15, 0.2) is 0 Å². The maximum absolute atomic E-state index is 13.4. The number of sulfonamides is 1. The monoisotopic (exact) mass is 434 g/mol. The van der Waals surface area contributed by atoms with Crippen LogP contribution in [0.3, 0.4) is 0 Å². The fourth-order valence-electron chi connectivity index (χ4n) is 3.34. The normalized spacial score (nSPS) is 19.4. The van der Waals surface area contributed by atoms with E-state index >= 15 is 0 Å². The van der Waals surface area contributed by atoms with Crippen molar-refractivity contribution in [2.24, 2.45) is 0 Å². The van der Waals surface area contributed by atoms with Crippen molar-refractivity contribution in [3.8, 4) is 11.5 Å². The lowest BCUT2D eigenvalue weighted by Gasteiger charge is -2.23. The van der Waals surface area contributed by atoms with Gasteiger partial charge in [0.2, 0.25) is 15.9 Å². The fourth-order valence-corrected chi connectivity index (χ4v) is 5.01. The summed E-state index contributed by atoms with van der Waals surface area (Å²) in [6, 6.07) is 14.5. The molecule has 1 aliphatic heterocycles. The van der Waals surface area contributed by atoms with Crippen molar-refractivity contribution in [3.63, 3.8) is 0 Å². The van der Waals surface area contributed by atoms with Crippen LogP contribution in [-0.4, -0.2) is 64.7 Å². The van der Waals surface area contributed by atoms with Crippen molar-refractivity contribution in [2.75, 3.05) is 33.9 Å². The first-order valence-corrected chi connectivity index (χ1v) is 11.0. The molecule has 3 rings (SSSR count). The quantitative estimate of drug-likeness (QED) is 0.604. The van der Waals surface area contributed by atoms with Gasteiger partial charge in [0, 0.05) is 26.1 Å². The van der Waals surface area contributed by atoms with Gasteiger partial charge in [-0.25, -0.2) is 8.42 Å². The zero-order chi connectivity index (χ0) is 21.6. The molecule has 1 saturated heterocycles. The molecule has 1 amide bonds. The van der Waals surface area contributed by atoms with Gasteiger partial charge >= 0.3 is 0 Å². The van der Waals surface area contributed by atoms with Crippen LogP contribution in [0.5, 0.6) is 11.5 Å². The maximum atomic E-state index is 13.4. The van der Waals surface area contributed by atoms with E-state index in [0.29, 0.717) is 24.7 Å². The highest BCUT2D eigenvalue weighted by Crippen LogP contribution is 2.30. The predicted octanol–water partition coefficient (Wildman–Crippen LogP) is 1.67. The van der Waals surface area contributed by atoms with E-state index in [1.165, 1.54) is 30.7 Å². The van der Waals surface area contributed by atoms with Crippen LogP contribution < -0.4 is 14.8 Å². The van der Waals surface area contributed by atoms with E-state index in [9.17, 15) is 13.2 Å². The van der Waals surface area contributed by atoms with Gasteiger partial charge in [-0.15, -0.1) is 0 Å². The second-order valence-electron chi connectivity index (χ2n) is 6.84. The number of hydrogen-bond donors (Lipinski definition) is 1. The summed E-state index contributed by atoms with van der Waals surface area (Å²) in [6.07, 6.45) is -0.206. The molecule has 9 heteroatoms. The lowest BCUT2D eigenvalue weighted by molar-refractivity contribution is -0.124. The number of methoxy groups -OCH3 is 2. The number of nitrogens with one attached hydrogen (secondary N) is 1. The van der Waals surface area contributed by atoms with Crippen molar-refractivity contribution < 1.29 is 27.4 Å². The van der Waals surface area contributed by atoms with Gasteiger partial charge in [0.25, 0.3) is 0 Å². The number of carbonyl (C=O) groups is 1. The first-order valence-electron chi connectivity index (χ1n) is 9.60. The smallest absolute Gasteiger partial charge is 0.244 e. The summed E-state index contributed by atoms with van der Waals surface area (Å²) in [5, 5.41) is 2.74. The van der Waals surface area contributed by atoms with Crippen molar-refractivity contribution in [2.45, 2.75) is 23.5 Å². The van der Waals surface area contributed by atoms with Gasteiger partial charge < -0.3 is 19.5 Å². The minimum Gasteiger partial charge on any atom is -0.497 e. The van der Waals surface area contributed by atoms with E-state index in [0.717, 1.165) is 0 Å². The standard InChI is InChI=1S/C21H26N2O6S/c1-27-12-11-22-21(24)20-14-18(29-16-7-4-3-5-8-16)15-23(20)30(25,26)19-10-6-9-17(13-19)28-2/h3-10,13,18,20H,11-12,14-15H2,1-2H3,(H,22,24). The first-order chi connectivity index (χ1) is 14.5. The Hall–Kier alpha value is -2.62. The number of benzene rings is 2. The molecule has 30 heavy (non-hydrogen) atoms. The largest absolute Gasteiger partial charge is 0.497 e. The maximum Gasteiger partial charge on any atom is 0.244 e. The number of ether oxygens (including phenoxy) is 3. The third-order valence-corrected chi connectivity index (χ3v) is 6.69. The molecule has 1 fully saturated rings. The molecule has 1 aliphatic rings. The van der Waals surface area contributed by atoms with Gasteiger partial charge in [-0.05, 0) is 24.3 Å². The second-order valence-corrected chi connectivity index (χ2v) is 8.73. The van der Waals surface area contributed by atoms with Gasteiger partial charge in [-0.3, -0.25) is 4.79 Å². The molecule has 2 aromatic carbocycles. The molecule has 8 nitrogen and oxygen atoms in total. The molecule has 2 aromatic rings. The highest BCUT2D eigenvalue weighted by Gasteiger charge is 2.45. The van der Waals surface area contributed by atoms with E-state index in [1.807, 2.05) is 18.2 Å². The van der Waals surface area contributed by atoms with Crippen LogP contribution in [0.25, 0.3) is 0 Å². The van der Waals surface area contributed by atoms with Gasteiger partial charge in [-0.1, -0.05) is 24.3 Å². The van der Waals surface area contributed by atoms with Gasteiger partial charge in [0.1, 0.15) is 23.6 Å². The molecule has 0 aliphatic carbocycles. The number of para-hydroxylation sites is 1. The fraction of sp³-hybridized carbons (Fsp3) is 0.381. The van der Waals surface area contributed by atoms with Crippen LogP contribution in [-0.2, 0) is 19.6 Å². The Morgan fingerprint density at radius 3 is 2.53 bits per heavy atom. The molecule has 0 radical (unpaired) electrons. The highest BCUT2D eigenvalue weighted by molar-refractivity contribution is 7.89. The molecular weight excluding hydrogens is 408 g/mol. The topological polar surface area (TPSA) is 94.2 Å². The Morgan fingerprint density at radius 2 is 1.83 bits per heavy atom. The molecular formula is C21H26N2O6S. The molecule has 0 bridgehead atoms. The molecule has 0 saturated carbocycles. The Morgan fingerprint density at radius 1 is 1.10 bits per heavy atom. The highest BCUT2D eigenvalue weighted by atomic mass is 32.2. The van der Waals surface area contributed by atoms with Crippen LogP contribution in [0.15, 0.2) is 59.5 Å². The number of carbonyl (C=O) groups excluding carboxylic acids is 1. The van der Waals surface area contributed by atoms with Crippen molar-refractivity contribution in [3.05, 3.63) is 54.6 Å². The lowest BCUT2D eigenvalue weighted by atomic mass is 10.2. The zero-order valence-electron chi connectivity index (χ0n) is 17.0.